The lowest BCUT2D eigenvalue weighted by Gasteiger charge is -1.00. The Morgan fingerprint density at radius 1 is 0.286 bits per heavy atom. The minimum Gasteiger partial charge on any atom is -1.00 e. The van der Waals surface area contributed by atoms with Crippen LogP contribution in [0.3, 0.4) is 0 Å². The predicted molar refractivity (Wildman–Crippen MR) is 0 cm³/mol. The summed E-state index contributed by atoms with van der Waals surface area (Å²) in [4.78, 5) is 0. The minimum atomic E-state index is 0. The summed E-state index contributed by atoms with van der Waals surface area (Å²) in [6.45, 7) is 0. The molecule has 0 aliphatic heterocycles. The summed E-state index contributed by atoms with van der Waals surface area (Å²) in [5.41, 5.74) is 0. The molecule has 0 fully saturated rings. The number of halogens is 7. The van der Waals surface area contributed by atoms with Crippen molar-refractivity contribution in [3.63, 3.8) is 0 Å². The van der Waals surface area contributed by atoms with Crippen molar-refractivity contribution < 1.29 is 45.2 Å². The first-order valence-corrected chi connectivity index (χ1v) is 0. The molecule has 0 bridgehead atoms. The Balaban J connectivity index is 0. The van der Waals surface area contributed by atoms with Gasteiger partial charge in [-0.3, -0.25) is 0 Å². The molecular formula is BrF6-7. The van der Waals surface area contributed by atoms with E-state index in [4.69, 9.17) is 0 Å². The third kappa shape index (κ3) is 27700. The second-order valence-corrected chi connectivity index (χ2v) is 0. The average molecular weight is 194 g/mol. The van der Waals surface area contributed by atoms with Crippen molar-refractivity contribution in [3.05, 3.63) is 0 Å². The van der Waals surface area contributed by atoms with Gasteiger partial charge in [0.2, 0.25) is 0 Å². The fourth-order valence-corrected chi connectivity index (χ4v) is 0. The molecule has 0 aliphatic carbocycles. The van der Waals surface area contributed by atoms with Gasteiger partial charge in [0.05, 0.1) is 0 Å². The van der Waals surface area contributed by atoms with E-state index in [1.54, 1.807) is 0 Å². The topological polar surface area (TPSA) is 0 Å². The Morgan fingerprint density at radius 2 is 0.286 bits per heavy atom. The third-order valence-corrected chi connectivity index (χ3v) is 0. The molecule has 0 spiro atoms. The van der Waals surface area contributed by atoms with E-state index in [-0.39, 0.29) is 45.2 Å². The van der Waals surface area contributed by atoms with Crippen LogP contribution in [-0.4, -0.2) is 0 Å². The van der Waals surface area contributed by atoms with Crippen LogP contribution in [0.25, 0.3) is 0 Å². The Morgan fingerprint density at radius 3 is 0.286 bits per heavy atom. The van der Waals surface area contributed by atoms with Crippen LogP contribution in [-0.2, 0) is 0 Å². The maximum atomic E-state index is 0. The maximum absolute atomic E-state index is 0. The van der Waals surface area contributed by atoms with E-state index >= 15 is 0 Å². The molecule has 0 nitrogen and oxygen atoms in total. The minimum absolute atomic E-state index is 0. The quantitative estimate of drug-likeness (QED) is 0.336. The highest BCUT2D eigenvalue weighted by atomic mass is 79.9. The predicted octanol–water partition coefficient (Wildman–Crippen LogP) is -21.0. The zero-order valence-corrected chi connectivity index (χ0v) is 4.23. The summed E-state index contributed by atoms with van der Waals surface area (Å²) in [6, 6.07) is 0. The molecule has 0 unspecified atom stereocenters. The van der Waals surface area contributed by atoms with Crippen LogP contribution in [0.2, 0.25) is 0 Å². The molecule has 0 amide bonds. The van der Waals surface area contributed by atoms with Crippen molar-refractivity contribution in [1.29, 1.82) is 0 Å². The Kier molecular flexibility index (Phi) is 443000000. The molecule has 56 valence electrons. The van der Waals surface area contributed by atoms with Crippen LogP contribution >= 0.6 is 0 Å². The van der Waals surface area contributed by atoms with Gasteiger partial charge < -0.3 is 45.2 Å². The lowest BCUT2D eigenvalue weighted by atomic mass is 19.0. The summed E-state index contributed by atoms with van der Waals surface area (Å²) in [6.07, 6.45) is 0. The fourth-order valence-electron chi connectivity index (χ4n) is 0. The van der Waals surface area contributed by atoms with Gasteiger partial charge in [0.1, 0.15) is 0 Å². The van der Waals surface area contributed by atoms with Gasteiger partial charge >= 0.3 is 0 Å². The standard InChI is InChI=1S/BrH.6FH/h7*1H/p-7. The fraction of sp³-hybridized carbons (Fsp3) is 0. The van der Waals surface area contributed by atoms with Gasteiger partial charge in [0.15, 0.2) is 0 Å². The van der Waals surface area contributed by atoms with Gasteiger partial charge in [-0.15, -0.1) is 0 Å². The Labute approximate surface area is 46.3 Å². The average Bonchev–Trinajstić information content (AvgIpc) is 0. The van der Waals surface area contributed by atoms with E-state index in [1.807, 2.05) is 0 Å². The molecule has 7 heavy (non-hydrogen) atoms. The van der Waals surface area contributed by atoms with Gasteiger partial charge in [0.25, 0.3) is 0 Å². The molecule has 7 heteroatoms. The zero-order chi connectivity index (χ0) is 0. The number of hydrogen-bond donors (Lipinski definition) is 0. The molecule has 0 saturated carbocycles. The summed E-state index contributed by atoms with van der Waals surface area (Å²) in [5.74, 6) is 0. The molecule has 0 aromatic rings. The normalized spacial score (nSPS) is 0. The van der Waals surface area contributed by atoms with Gasteiger partial charge in [-0.2, -0.15) is 0 Å². The summed E-state index contributed by atoms with van der Waals surface area (Å²) >= 11 is 0. The van der Waals surface area contributed by atoms with E-state index in [0.29, 0.717) is 0 Å². The van der Waals surface area contributed by atoms with E-state index < -0.39 is 0 Å². The van der Waals surface area contributed by atoms with E-state index in [1.165, 1.54) is 0 Å². The molecule has 0 radical (unpaired) electrons. The third-order valence-electron chi connectivity index (χ3n) is 0. The van der Waals surface area contributed by atoms with Crippen molar-refractivity contribution in [2.24, 2.45) is 0 Å². The largest absolute Gasteiger partial charge is 1.00 e. The highest BCUT2D eigenvalue weighted by molar-refractivity contribution is 0.00600. The highest BCUT2D eigenvalue weighted by Gasteiger charge is -0.994. The molecule has 0 atom stereocenters. The molecule has 0 aromatic carbocycles. The zero-order valence-electron chi connectivity index (χ0n) is 2.65. The second kappa shape index (κ2) is 43100. The summed E-state index contributed by atoms with van der Waals surface area (Å²) in [5, 5.41) is 0. The number of rotatable bonds is 0. The van der Waals surface area contributed by atoms with Gasteiger partial charge in [-0.1, -0.05) is 0 Å². The molecule has 0 N–H and O–H groups in total. The summed E-state index contributed by atoms with van der Waals surface area (Å²) < 4.78 is 0. The lowest BCUT2D eigenvalue weighted by molar-refractivity contribution is -0.00100. The first kappa shape index (κ1) is 72000. The molecule has 0 saturated heterocycles. The SMILES string of the molecule is [Br-].[F-].[F-].[F-].[F-].[F-].[F-]. The van der Waals surface area contributed by atoms with Crippen LogP contribution in [0.4, 0.5) is 0 Å². The van der Waals surface area contributed by atoms with Crippen molar-refractivity contribution in [1.82, 2.24) is 0 Å². The maximum Gasteiger partial charge on any atom is -1.00 e. The first-order chi connectivity index (χ1) is 0. The van der Waals surface area contributed by atoms with Crippen molar-refractivity contribution in [3.8, 4) is 0 Å². The monoisotopic (exact) mass is 193 g/mol. The van der Waals surface area contributed by atoms with Crippen LogP contribution < -0.4 is 45.2 Å². The van der Waals surface area contributed by atoms with Crippen molar-refractivity contribution in [2.45, 2.75) is 0 Å². The lowest BCUT2D eigenvalue weighted by Crippen LogP contribution is -3.00. The van der Waals surface area contributed by atoms with Crippen LogP contribution in [0.5, 0.6) is 0 Å². The van der Waals surface area contributed by atoms with Crippen LogP contribution in [0.15, 0.2) is 0 Å². The van der Waals surface area contributed by atoms with Crippen molar-refractivity contribution in [2.75, 3.05) is 0 Å². The van der Waals surface area contributed by atoms with Crippen LogP contribution in [0.1, 0.15) is 0 Å². The van der Waals surface area contributed by atoms with E-state index in [2.05, 4.69) is 0 Å². The molecule has 0 heterocycles. The Hall–Kier alpha value is 0.0600. The molecule has 0 aliphatic rings. The second-order valence-electron chi connectivity index (χ2n) is 0. The van der Waals surface area contributed by atoms with Crippen LogP contribution in [0, 0.1) is 0 Å². The van der Waals surface area contributed by atoms with E-state index in [9.17, 15) is 0 Å². The smallest absolute Gasteiger partial charge is 1.00 e. The number of hydrogen-bond acceptors (Lipinski definition) is 0. The molecule has 0 aromatic heterocycles. The Bertz CT molecular complexity index is 4.14. The van der Waals surface area contributed by atoms with Gasteiger partial charge in [-0.25, -0.2) is 0 Å². The molecule has 0 rings (SSSR count). The van der Waals surface area contributed by atoms with Gasteiger partial charge in [-0.05, 0) is 0 Å². The van der Waals surface area contributed by atoms with E-state index in [0.717, 1.165) is 0 Å². The highest BCUT2D eigenvalue weighted by Crippen LogP contribution is -2.99. The first-order valence-electron chi connectivity index (χ1n) is 0. The van der Waals surface area contributed by atoms with Crippen molar-refractivity contribution >= 4 is 0 Å². The molecular weight excluding hydrogens is 194 g/mol. The summed E-state index contributed by atoms with van der Waals surface area (Å²) in [7, 11) is 0. The van der Waals surface area contributed by atoms with Gasteiger partial charge in [0, 0.05) is 0 Å².